The van der Waals surface area contributed by atoms with E-state index in [-0.39, 0.29) is 0 Å². The first-order valence-corrected chi connectivity index (χ1v) is 6.21. The molecular formula is C11H12N2OS. The van der Waals surface area contributed by atoms with Gasteiger partial charge in [0.05, 0.1) is 0 Å². The van der Waals surface area contributed by atoms with Gasteiger partial charge in [-0.05, 0) is 18.6 Å². The average Bonchev–Trinajstić information content (AvgIpc) is 2.91. The van der Waals surface area contributed by atoms with Crippen molar-refractivity contribution in [2.24, 2.45) is 0 Å². The Morgan fingerprint density at radius 3 is 3.00 bits per heavy atom. The molecule has 1 aromatic rings. The molecule has 0 aliphatic carbocycles. The zero-order valence-corrected chi connectivity index (χ0v) is 9.11. The van der Waals surface area contributed by atoms with Crippen molar-refractivity contribution in [1.82, 2.24) is 4.98 Å². The number of thioether (sulfide) groups is 1. The van der Waals surface area contributed by atoms with Crippen LogP contribution in [0.4, 0.5) is 5.82 Å². The molecule has 1 aromatic heterocycles. The van der Waals surface area contributed by atoms with Gasteiger partial charge < -0.3 is 4.90 Å². The molecule has 0 spiro atoms. The largest absolute Gasteiger partial charge is 0.352 e. The van der Waals surface area contributed by atoms with E-state index < -0.39 is 0 Å². The van der Waals surface area contributed by atoms with Gasteiger partial charge in [-0.1, -0.05) is 0 Å². The molecule has 2 aliphatic rings. The number of rotatable bonds is 2. The lowest BCUT2D eigenvalue weighted by atomic mass is 10.2. The fraction of sp³-hybridized carbons (Fsp3) is 0.455. The van der Waals surface area contributed by atoms with Crippen LogP contribution >= 0.6 is 11.8 Å². The molecule has 0 amide bonds. The standard InChI is InChI=1S/C11H12N2OS/c14-6-8-1-2-11(12-4-8)13-5-10-3-9(13)7-15-10/h1-2,4,6,9-10H,3,5,7H2. The van der Waals surface area contributed by atoms with Gasteiger partial charge in [0.15, 0.2) is 6.29 Å². The number of pyridine rings is 1. The molecule has 2 fully saturated rings. The number of anilines is 1. The number of hydrogen-bond acceptors (Lipinski definition) is 4. The summed E-state index contributed by atoms with van der Waals surface area (Å²) in [6.45, 7) is 1.11. The third-order valence-electron chi connectivity index (χ3n) is 3.10. The molecule has 2 saturated heterocycles. The van der Waals surface area contributed by atoms with Gasteiger partial charge in [-0.25, -0.2) is 4.98 Å². The molecule has 3 heterocycles. The summed E-state index contributed by atoms with van der Waals surface area (Å²) in [6, 6.07) is 4.46. The number of hydrogen-bond donors (Lipinski definition) is 0. The fourth-order valence-corrected chi connectivity index (χ4v) is 3.75. The van der Waals surface area contributed by atoms with Crippen LogP contribution in [0, 0.1) is 0 Å². The summed E-state index contributed by atoms with van der Waals surface area (Å²) >= 11 is 2.07. The van der Waals surface area contributed by atoms with Crippen LogP contribution in [0.3, 0.4) is 0 Å². The van der Waals surface area contributed by atoms with E-state index in [1.165, 1.54) is 12.2 Å². The van der Waals surface area contributed by atoms with Crippen LogP contribution in [0.25, 0.3) is 0 Å². The van der Waals surface area contributed by atoms with E-state index in [9.17, 15) is 4.79 Å². The number of aromatic nitrogens is 1. The van der Waals surface area contributed by atoms with E-state index in [1.54, 1.807) is 6.20 Å². The molecule has 4 heteroatoms. The smallest absolute Gasteiger partial charge is 0.151 e. The molecule has 2 atom stereocenters. The summed E-state index contributed by atoms with van der Waals surface area (Å²) in [5.74, 6) is 2.25. The topological polar surface area (TPSA) is 33.2 Å². The van der Waals surface area contributed by atoms with E-state index in [4.69, 9.17) is 0 Å². The fourth-order valence-electron chi connectivity index (χ4n) is 2.32. The normalized spacial score (nSPS) is 28.4. The summed E-state index contributed by atoms with van der Waals surface area (Å²) in [5, 5.41) is 0.794. The number of carbonyl (C=O) groups is 1. The Bertz CT molecular complexity index is 379. The van der Waals surface area contributed by atoms with E-state index in [1.807, 2.05) is 12.1 Å². The summed E-state index contributed by atoms with van der Waals surface area (Å²) in [6.07, 6.45) is 3.78. The zero-order valence-electron chi connectivity index (χ0n) is 8.30. The second kappa shape index (κ2) is 3.52. The van der Waals surface area contributed by atoms with Crippen molar-refractivity contribution in [1.29, 1.82) is 0 Å². The molecule has 0 saturated carbocycles. The number of fused-ring (bicyclic) bond motifs is 2. The third-order valence-corrected chi connectivity index (χ3v) is 4.49. The maximum atomic E-state index is 10.5. The molecule has 0 N–H and O–H groups in total. The Morgan fingerprint density at radius 1 is 1.53 bits per heavy atom. The Kier molecular flexibility index (Phi) is 2.16. The molecular weight excluding hydrogens is 208 g/mol. The lowest BCUT2D eigenvalue weighted by Gasteiger charge is -2.27. The minimum absolute atomic E-state index is 0.650. The van der Waals surface area contributed by atoms with Crippen LogP contribution < -0.4 is 4.90 Å². The van der Waals surface area contributed by atoms with Crippen molar-refractivity contribution in [3.8, 4) is 0 Å². The highest BCUT2D eigenvalue weighted by Crippen LogP contribution is 2.39. The predicted octanol–water partition coefficient (Wildman–Crippen LogP) is 1.59. The highest BCUT2D eigenvalue weighted by molar-refractivity contribution is 8.00. The molecule has 2 unspecified atom stereocenters. The van der Waals surface area contributed by atoms with Crippen LogP contribution in [0.1, 0.15) is 16.8 Å². The number of nitrogens with zero attached hydrogens (tertiary/aromatic N) is 2. The monoisotopic (exact) mass is 220 g/mol. The molecule has 2 bridgehead atoms. The minimum Gasteiger partial charge on any atom is -0.352 e. The lowest BCUT2D eigenvalue weighted by Crippen LogP contribution is -2.34. The minimum atomic E-state index is 0.650. The van der Waals surface area contributed by atoms with Gasteiger partial charge in [0.25, 0.3) is 0 Å². The molecule has 0 aromatic carbocycles. The zero-order chi connectivity index (χ0) is 10.3. The van der Waals surface area contributed by atoms with E-state index >= 15 is 0 Å². The van der Waals surface area contributed by atoms with Gasteiger partial charge in [0.2, 0.25) is 0 Å². The van der Waals surface area contributed by atoms with Crippen molar-refractivity contribution in [2.75, 3.05) is 17.2 Å². The maximum Gasteiger partial charge on any atom is 0.151 e. The van der Waals surface area contributed by atoms with Crippen LogP contribution in [0.2, 0.25) is 0 Å². The molecule has 78 valence electrons. The lowest BCUT2D eigenvalue weighted by molar-refractivity contribution is 0.112. The summed E-state index contributed by atoms with van der Waals surface area (Å²) in [7, 11) is 0. The SMILES string of the molecule is O=Cc1ccc(N2CC3CC2CS3)nc1. The second-order valence-corrected chi connectivity index (χ2v) is 5.40. The molecule has 15 heavy (non-hydrogen) atoms. The van der Waals surface area contributed by atoms with E-state index in [0.717, 1.165) is 23.9 Å². The second-order valence-electron chi connectivity index (χ2n) is 4.06. The van der Waals surface area contributed by atoms with Crippen LogP contribution in [-0.4, -0.2) is 34.9 Å². The van der Waals surface area contributed by atoms with Gasteiger partial charge in [0.1, 0.15) is 5.82 Å². The first-order chi connectivity index (χ1) is 7.36. The van der Waals surface area contributed by atoms with Crippen molar-refractivity contribution in [2.45, 2.75) is 17.7 Å². The Labute approximate surface area is 92.9 Å². The van der Waals surface area contributed by atoms with Gasteiger partial charge in [-0.2, -0.15) is 11.8 Å². The average molecular weight is 220 g/mol. The molecule has 2 aliphatic heterocycles. The number of carbonyl (C=O) groups excluding carboxylic acids is 1. The summed E-state index contributed by atoms with van der Waals surface area (Å²) < 4.78 is 0. The Hall–Kier alpha value is -1.03. The van der Waals surface area contributed by atoms with Gasteiger partial charge in [-0.15, -0.1) is 0 Å². The van der Waals surface area contributed by atoms with Gasteiger partial charge in [-0.3, -0.25) is 4.79 Å². The Balaban J connectivity index is 1.84. The highest BCUT2D eigenvalue weighted by Gasteiger charge is 2.38. The van der Waals surface area contributed by atoms with Crippen molar-refractivity contribution in [3.05, 3.63) is 23.9 Å². The highest BCUT2D eigenvalue weighted by atomic mass is 32.2. The molecule has 3 nitrogen and oxygen atoms in total. The molecule has 0 radical (unpaired) electrons. The van der Waals surface area contributed by atoms with E-state index in [0.29, 0.717) is 11.6 Å². The Morgan fingerprint density at radius 2 is 2.47 bits per heavy atom. The summed E-state index contributed by atoms with van der Waals surface area (Å²) in [4.78, 5) is 17.2. The quantitative estimate of drug-likeness (QED) is 0.709. The van der Waals surface area contributed by atoms with Gasteiger partial charge >= 0.3 is 0 Å². The number of aldehydes is 1. The van der Waals surface area contributed by atoms with E-state index in [2.05, 4.69) is 21.6 Å². The van der Waals surface area contributed by atoms with Crippen molar-refractivity contribution < 1.29 is 4.79 Å². The summed E-state index contributed by atoms with van der Waals surface area (Å²) in [5.41, 5.74) is 0.650. The predicted molar refractivity (Wildman–Crippen MR) is 61.6 cm³/mol. The first kappa shape index (κ1) is 9.21. The van der Waals surface area contributed by atoms with Crippen molar-refractivity contribution in [3.63, 3.8) is 0 Å². The van der Waals surface area contributed by atoms with Crippen LogP contribution in [0.5, 0.6) is 0 Å². The van der Waals surface area contributed by atoms with Crippen molar-refractivity contribution >= 4 is 23.9 Å². The molecule has 3 rings (SSSR count). The first-order valence-electron chi connectivity index (χ1n) is 5.16. The van der Waals surface area contributed by atoms with Crippen LogP contribution in [-0.2, 0) is 0 Å². The maximum absolute atomic E-state index is 10.5. The van der Waals surface area contributed by atoms with Crippen LogP contribution in [0.15, 0.2) is 18.3 Å². The van der Waals surface area contributed by atoms with Gasteiger partial charge in [0, 0.05) is 35.3 Å². The third kappa shape index (κ3) is 1.53.